The zero-order valence-corrected chi connectivity index (χ0v) is 10.4. The molecule has 0 aliphatic heterocycles. The topological polar surface area (TPSA) is 68.3 Å². The van der Waals surface area contributed by atoms with Crippen LogP contribution in [0.15, 0.2) is 28.9 Å². The average molecular weight is 236 g/mol. The standard InChI is InChI=1S/C13H20N2O2/c1-3-13(4-2,10-14)15-12(16)8-7-11-6-5-9-17-11/h5-9H,3-4,10,14H2,1-2H3,(H,15,16)/b8-7+. The summed E-state index contributed by atoms with van der Waals surface area (Å²) in [5.41, 5.74) is 5.41. The molecule has 0 saturated heterocycles. The smallest absolute Gasteiger partial charge is 0.244 e. The third-order valence-electron chi connectivity index (χ3n) is 3.07. The minimum atomic E-state index is -0.301. The van der Waals surface area contributed by atoms with E-state index in [1.54, 1.807) is 24.5 Å². The number of hydrogen-bond acceptors (Lipinski definition) is 3. The van der Waals surface area contributed by atoms with Crippen molar-refractivity contribution >= 4 is 12.0 Å². The lowest BCUT2D eigenvalue weighted by Crippen LogP contribution is -2.52. The predicted octanol–water partition coefficient (Wildman–Crippen LogP) is 1.93. The zero-order chi connectivity index (χ0) is 12.7. The van der Waals surface area contributed by atoms with Crippen LogP contribution in [0.25, 0.3) is 6.08 Å². The molecule has 0 saturated carbocycles. The van der Waals surface area contributed by atoms with Crippen LogP contribution in [0.1, 0.15) is 32.4 Å². The summed E-state index contributed by atoms with van der Waals surface area (Å²) in [4.78, 5) is 11.7. The molecule has 4 nitrogen and oxygen atoms in total. The van der Waals surface area contributed by atoms with Crippen molar-refractivity contribution in [2.45, 2.75) is 32.2 Å². The molecule has 4 heteroatoms. The van der Waals surface area contributed by atoms with Crippen LogP contribution < -0.4 is 11.1 Å². The quantitative estimate of drug-likeness (QED) is 0.741. The molecule has 0 atom stereocenters. The van der Waals surface area contributed by atoms with Gasteiger partial charge in [0.05, 0.1) is 11.8 Å². The lowest BCUT2D eigenvalue weighted by atomic mass is 9.93. The second-order valence-corrected chi connectivity index (χ2v) is 4.03. The maximum absolute atomic E-state index is 11.7. The lowest BCUT2D eigenvalue weighted by molar-refractivity contribution is -0.118. The molecule has 3 N–H and O–H groups in total. The number of nitrogens with two attached hydrogens (primary N) is 1. The van der Waals surface area contributed by atoms with E-state index in [2.05, 4.69) is 5.32 Å². The van der Waals surface area contributed by atoms with Gasteiger partial charge in [0.15, 0.2) is 0 Å². The van der Waals surface area contributed by atoms with Crippen molar-refractivity contribution < 1.29 is 9.21 Å². The molecule has 94 valence electrons. The Balaban J connectivity index is 2.59. The van der Waals surface area contributed by atoms with Crippen molar-refractivity contribution in [2.75, 3.05) is 6.54 Å². The Morgan fingerprint density at radius 3 is 2.71 bits per heavy atom. The summed E-state index contributed by atoms with van der Waals surface area (Å²) in [5, 5.41) is 2.95. The van der Waals surface area contributed by atoms with E-state index in [-0.39, 0.29) is 11.4 Å². The van der Waals surface area contributed by atoms with Gasteiger partial charge >= 0.3 is 0 Å². The van der Waals surface area contributed by atoms with Crippen LogP contribution in [0.4, 0.5) is 0 Å². The van der Waals surface area contributed by atoms with Crippen LogP contribution in [0, 0.1) is 0 Å². The molecule has 0 spiro atoms. The summed E-state index contributed by atoms with van der Waals surface area (Å²) < 4.78 is 5.10. The summed E-state index contributed by atoms with van der Waals surface area (Å²) >= 11 is 0. The van der Waals surface area contributed by atoms with Crippen LogP contribution in [0.5, 0.6) is 0 Å². The zero-order valence-electron chi connectivity index (χ0n) is 10.4. The van der Waals surface area contributed by atoms with Crippen molar-refractivity contribution in [2.24, 2.45) is 5.73 Å². The van der Waals surface area contributed by atoms with E-state index in [1.165, 1.54) is 6.08 Å². The molecule has 0 unspecified atom stereocenters. The van der Waals surface area contributed by atoms with Gasteiger partial charge in [-0.15, -0.1) is 0 Å². The van der Waals surface area contributed by atoms with E-state index in [9.17, 15) is 4.79 Å². The molecule has 1 aromatic rings. The summed E-state index contributed by atoms with van der Waals surface area (Å²) in [5.74, 6) is 0.516. The predicted molar refractivity (Wildman–Crippen MR) is 68.3 cm³/mol. The number of furan rings is 1. The summed E-state index contributed by atoms with van der Waals surface area (Å²) in [6, 6.07) is 3.57. The lowest BCUT2D eigenvalue weighted by Gasteiger charge is -2.30. The normalized spacial score (nSPS) is 11.9. The molecule has 0 radical (unpaired) electrons. The van der Waals surface area contributed by atoms with E-state index in [1.807, 2.05) is 13.8 Å². The van der Waals surface area contributed by atoms with Gasteiger partial charge in [-0.05, 0) is 31.1 Å². The highest BCUT2D eigenvalue weighted by atomic mass is 16.3. The maximum Gasteiger partial charge on any atom is 0.244 e. The van der Waals surface area contributed by atoms with Crippen molar-refractivity contribution in [1.29, 1.82) is 0 Å². The van der Waals surface area contributed by atoms with Gasteiger partial charge in [0.1, 0.15) is 5.76 Å². The van der Waals surface area contributed by atoms with Gasteiger partial charge in [-0.2, -0.15) is 0 Å². The Hall–Kier alpha value is -1.55. The minimum absolute atomic E-state index is 0.143. The van der Waals surface area contributed by atoms with Crippen LogP contribution in [-0.4, -0.2) is 18.0 Å². The van der Waals surface area contributed by atoms with Gasteiger partial charge in [-0.3, -0.25) is 4.79 Å². The molecule has 0 aliphatic rings. The second-order valence-electron chi connectivity index (χ2n) is 4.03. The highest BCUT2D eigenvalue weighted by Crippen LogP contribution is 2.13. The Morgan fingerprint density at radius 2 is 2.24 bits per heavy atom. The number of hydrogen-bond donors (Lipinski definition) is 2. The first-order valence-corrected chi connectivity index (χ1v) is 5.89. The van der Waals surface area contributed by atoms with Gasteiger partial charge < -0.3 is 15.5 Å². The van der Waals surface area contributed by atoms with Crippen molar-refractivity contribution in [1.82, 2.24) is 5.32 Å². The molecule has 0 aromatic carbocycles. The minimum Gasteiger partial charge on any atom is -0.465 e. The van der Waals surface area contributed by atoms with E-state index >= 15 is 0 Å². The van der Waals surface area contributed by atoms with Gasteiger partial charge in [-0.1, -0.05) is 13.8 Å². The number of carbonyl (C=O) groups excluding carboxylic acids is 1. The fraction of sp³-hybridized carbons (Fsp3) is 0.462. The van der Waals surface area contributed by atoms with E-state index in [4.69, 9.17) is 10.2 Å². The van der Waals surface area contributed by atoms with E-state index in [0.29, 0.717) is 12.3 Å². The second kappa shape index (κ2) is 6.25. The first-order chi connectivity index (χ1) is 8.15. The van der Waals surface area contributed by atoms with Crippen molar-refractivity contribution in [3.05, 3.63) is 30.2 Å². The molecular weight excluding hydrogens is 216 g/mol. The van der Waals surface area contributed by atoms with Crippen molar-refractivity contribution in [3.8, 4) is 0 Å². The van der Waals surface area contributed by atoms with E-state index < -0.39 is 0 Å². The fourth-order valence-electron chi connectivity index (χ4n) is 1.61. The Kier molecular flexibility index (Phi) is 4.97. The number of rotatable bonds is 6. The molecule has 1 aromatic heterocycles. The Bertz CT molecular complexity index is 357. The summed E-state index contributed by atoms with van der Waals surface area (Å²) in [7, 11) is 0. The van der Waals surface area contributed by atoms with Gasteiger partial charge in [0.2, 0.25) is 5.91 Å². The van der Waals surface area contributed by atoms with Crippen molar-refractivity contribution in [3.63, 3.8) is 0 Å². The largest absolute Gasteiger partial charge is 0.465 e. The van der Waals surface area contributed by atoms with E-state index in [0.717, 1.165) is 12.8 Å². The first-order valence-electron chi connectivity index (χ1n) is 5.89. The first kappa shape index (κ1) is 13.5. The molecular formula is C13H20N2O2. The molecule has 17 heavy (non-hydrogen) atoms. The fourth-order valence-corrected chi connectivity index (χ4v) is 1.61. The highest BCUT2D eigenvalue weighted by Gasteiger charge is 2.25. The number of nitrogens with one attached hydrogen (secondary N) is 1. The van der Waals surface area contributed by atoms with Gasteiger partial charge in [0, 0.05) is 12.6 Å². The highest BCUT2D eigenvalue weighted by molar-refractivity contribution is 5.91. The SMILES string of the molecule is CCC(CC)(CN)NC(=O)/C=C/c1ccco1. The van der Waals surface area contributed by atoms with Crippen LogP contribution in [0.2, 0.25) is 0 Å². The average Bonchev–Trinajstić information content (AvgIpc) is 2.87. The molecule has 0 bridgehead atoms. The molecule has 1 rings (SSSR count). The molecule has 0 fully saturated rings. The molecule has 0 aliphatic carbocycles. The number of amides is 1. The number of carbonyl (C=O) groups is 1. The van der Waals surface area contributed by atoms with Gasteiger partial charge in [-0.25, -0.2) is 0 Å². The molecule has 1 heterocycles. The van der Waals surface area contributed by atoms with Crippen LogP contribution in [0.3, 0.4) is 0 Å². The third kappa shape index (κ3) is 3.75. The molecule has 1 amide bonds. The van der Waals surface area contributed by atoms with Gasteiger partial charge in [0.25, 0.3) is 0 Å². The summed E-state index contributed by atoms with van der Waals surface area (Å²) in [6.07, 6.45) is 6.32. The Morgan fingerprint density at radius 1 is 1.53 bits per heavy atom. The van der Waals surface area contributed by atoms with Crippen LogP contribution in [-0.2, 0) is 4.79 Å². The summed E-state index contributed by atoms with van der Waals surface area (Å²) in [6.45, 7) is 4.49. The maximum atomic E-state index is 11.7. The third-order valence-corrected chi connectivity index (χ3v) is 3.07. The van der Waals surface area contributed by atoms with Crippen LogP contribution >= 0.6 is 0 Å². The Labute approximate surface area is 102 Å². The monoisotopic (exact) mass is 236 g/mol.